The van der Waals surface area contributed by atoms with Gasteiger partial charge in [-0.3, -0.25) is 0 Å². The number of anilines is 2. The summed E-state index contributed by atoms with van der Waals surface area (Å²) in [5.74, 6) is 5.94. The highest BCUT2D eigenvalue weighted by Gasteiger charge is 2.27. The van der Waals surface area contributed by atoms with E-state index >= 15 is 0 Å². The summed E-state index contributed by atoms with van der Waals surface area (Å²) >= 11 is 0. The monoisotopic (exact) mass is 291 g/mol. The lowest BCUT2D eigenvalue weighted by Crippen LogP contribution is -2.12. The van der Waals surface area contributed by atoms with E-state index < -0.39 is 11.6 Å². The van der Waals surface area contributed by atoms with Gasteiger partial charge in [-0.1, -0.05) is 6.07 Å². The van der Waals surface area contributed by atoms with Crippen LogP contribution in [-0.4, -0.2) is 9.97 Å². The van der Waals surface area contributed by atoms with Crippen molar-refractivity contribution >= 4 is 11.6 Å². The Hall–Kier alpha value is -2.28. The molecule has 2 aromatic rings. The molecule has 110 valence electrons. The normalized spacial score (nSPS) is 14.0. The number of hydrazine groups is 1. The molecule has 0 radical (unpaired) electrons. The zero-order valence-corrected chi connectivity index (χ0v) is 11.2. The summed E-state index contributed by atoms with van der Waals surface area (Å²) in [5.41, 5.74) is 3.13. The molecular weight excluding hydrogens is 276 g/mol. The van der Waals surface area contributed by atoms with Crippen molar-refractivity contribution in [2.24, 2.45) is 5.84 Å². The summed E-state index contributed by atoms with van der Waals surface area (Å²) in [5, 5.41) is 3.07. The summed E-state index contributed by atoms with van der Waals surface area (Å²) < 4.78 is 26.0. The highest BCUT2D eigenvalue weighted by Crippen LogP contribution is 2.38. The standard InChI is InChI=1S/C14H15F2N5/c15-10-4-1-8(5-11(10)16)7-18-12-6-13(21-17)20-14(19-12)9-2-3-9/h1,4-6,9H,2-3,7,17H2,(H2,18,19,20,21). The summed E-state index contributed by atoms with van der Waals surface area (Å²) in [7, 11) is 0. The molecule has 0 saturated heterocycles. The SMILES string of the molecule is NNc1cc(NCc2ccc(F)c(F)c2)nc(C2CC2)n1. The molecule has 1 aliphatic carbocycles. The highest BCUT2D eigenvalue weighted by atomic mass is 19.2. The van der Waals surface area contributed by atoms with Crippen molar-refractivity contribution in [1.82, 2.24) is 9.97 Å². The number of aromatic nitrogens is 2. The van der Waals surface area contributed by atoms with Crippen LogP contribution in [0.1, 0.15) is 30.1 Å². The minimum absolute atomic E-state index is 0.336. The fourth-order valence-electron chi connectivity index (χ4n) is 2.00. The van der Waals surface area contributed by atoms with Crippen LogP contribution >= 0.6 is 0 Å². The van der Waals surface area contributed by atoms with Gasteiger partial charge in [0.2, 0.25) is 0 Å². The molecule has 1 aliphatic rings. The second-order valence-corrected chi connectivity index (χ2v) is 5.02. The molecule has 0 unspecified atom stereocenters. The Morgan fingerprint density at radius 3 is 2.52 bits per heavy atom. The molecule has 21 heavy (non-hydrogen) atoms. The second-order valence-electron chi connectivity index (χ2n) is 5.02. The van der Waals surface area contributed by atoms with Crippen LogP contribution in [0.3, 0.4) is 0 Å². The van der Waals surface area contributed by atoms with Crippen molar-refractivity contribution in [3.8, 4) is 0 Å². The number of nitrogens with two attached hydrogens (primary N) is 1. The number of benzene rings is 1. The third-order valence-electron chi connectivity index (χ3n) is 3.29. The van der Waals surface area contributed by atoms with Gasteiger partial charge in [-0.15, -0.1) is 0 Å². The van der Waals surface area contributed by atoms with Gasteiger partial charge in [-0.2, -0.15) is 0 Å². The third-order valence-corrected chi connectivity index (χ3v) is 3.29. The molecule has 3 rings (SSSR count). The fraction of sp³-hybridized carbons (Fsp3) is 0.286. The summed E-state index contributed by atoms with van der Waals surface area (Å²) in [4.78, 5) is 8.71. The molecule has 5 nitrogen and oxygen atoms in total. The zero-order chi connectivity index (χ0) is 14.8. The van der Waals surface area contributed by atoms with Crippen molar-refractivity contribution in [3.05, 3.63) is 47.3 Å². The van der Waals surface area contributed by atoms with Crippen LogP contribution in [0.5, 0.6) is 0 Å². The molecule has 0 bridgehead atoms. The number of nitrogens with one attached hydrogen (secondary N) is 2. The Morgan fingerprint density at radius 2 is 1.86 bits per heavy atom. The van der Waals surface area contributed by atoms with Crippen molar-refractivity contribution < 1.29 is 8.78 Å². The summed E-state index contributed by atoms with van der Waals surface area (Å²) in [6, 6.07) is 5.46. The first-order chi connectivity index (χ1) is 10.2. The van der Waals surface area contributed by atoms with E-state index in [-0.39, 0.29) is 0 Å². The van der Waals surface area contributed by atoms with Gasteiger partial charge < -0.3 is 10.7 Å². The minimum Gasteiger partial charge on any atom is -0.366 e. The fourth-order valence-corrected chi connectivity index (χ4v) is 2.00. The topological polar surface area (TPSA) is 75.9 Å². The molecule has 7 heteroatoms. The molecule has 1 heterocycles. The van der Waals surface area contributed by atoms with E-state index in [1.165, 1.54) is 6.07 Å². The van der Waals surface area contributed by atoms with Crippen LogP contribution < -0.4 is 16.6 Å². The number of nitrogens with zero attached hydrogens (tertiary/aromatic N) is 2. The van der Waals surface area contributed by atoms with E-state index in [0.717, 1.165) is 30.8 Å². The van der Waals surface area contributed by atoms with Crippen LogP contribution in [0.15, 0.2) is 24.3 Å². The lowest BCUT2D eigenvalue weighted by Gasteiger charge is -2.09. The van der Waals surface area contributed by atoms with E-state index in [1.54, 1.807) is 6.07 Å². The molecule has 0 amide bonds. The predicted molar refractivity (Wildman–Crippen MR) is 75.5 cm³/mol. The third kappa shape index (κ3) is 3.25. The van der Waals surface area contributed by atoms with Crippen molar-refractivity contribution in [2.75, 3.05) is 10.7 Å². The van der Waals surface area contributed by atoms with Gasteiger partial charge in [0, 0.05) is 18.5 Å². The number of hydrogen-bond donors (Lipinski definition) is 3. The summed E-state index contributed by atoms with van der Waals surface area (Å²) in [6.07, 6.45) is 2.16. The lowest BCUT2D eigenvalue weighted by molar-refractivity contribution is 0.507. The van der Waals surface area contributed by atoms with Crippen LogP contribution in [0.4, 0.5) is 20.4 Å². The van der Waals surface area contributed by atoms with Gasteiger partial charge >= 0.3 is 0 Å². The average molecular weight is 291 g/mol. The Kier molecular flexibility index (Phi) is 3.66. The molecule has 0 spiro atoms. The first-order valence-electron chi connectivity index (χ1n) is 6.69. The van der Waals surface area contributed by atoms with E-state index in [9.17, 15) is 8.78 Å². The Balaban J connectivity index is 1.74. The van der Waals surface area contributed by atoms with Gasteiger partial charge in [0.05, 0.1) is 0 Å². The first kappa shape index (κ1) is 13.7. The number of rotatable bonds is 5. The number of halogens is 2. The van der Waals surface area contributed by atoms with Crippen molar-refractivity contribution in [1.29, 1.82) is 0 Å². The van der Waals surface area contributed by atoms with Gasteiger partial charge in [0.25, 0.3) is 0 Å². The van der Waals surface area contributed by atoms with Crippen LogP contribution in [0.25, 0.3) is 0 Å². The van der Waals surface area contributed by atoms with Gasteiger partial charge in [-0.05, 0) is 30.5 Å². The molecule has 1 aromatic carbocycles. The minimum atomic E-state index is -0.861. The quantitative estimate of drug-likeness (QED) is 0.583. The molecule has 4 N–H and O–H groups in total. The Morgan fingerprint density at radius 1 is 1.10 bits per heavy atom. The predicted octanol–water partition coefficient (Wildman–Crippen LogP) is 2.53. The maximum absolute atomic E-state index is 13.1. The number of hydrogen-bond acceptors (Lipinski definition) is 5. The van der Waals surface area contributed by atoms with Gasteiger partial charge in [0.15, 0.2) is 11.6 Å². The van der Waals surface area contributed by atoms with Crippen LogP contribution in [0, 0.1) is 11.6 Å². The largest absolute Gasteiger partial charge is 0.366 e. The average Bonchev–Trinajstić information content (AvgIpc) is 3.33. The molecule has 0 atom stereocenters. The second kappa shape index (κ2) is 5.61. The molecule has 1 saturated carbocycles. The number of nitrogen functional groups attached to an aromatic ring is 1. The maximum Gasteiger partial charge on any atom is 0.159 e. The highest BCUT2D eigenvalue weighted by molar-refractivity contribution is 5.47. The Labute approximate surface area is 120 Å². The van der Waals surface area contributed by atoms with Crippen LogP contribution in [-0.2, 0) is 6.54 Å². The molecule has 1 fully saturated rings. The van der Waals surface area contributed by atoms with E-state index in [4.69, 9.17) is 5.84 Å². The van der Waals surface area contributed by atoms with Crippen molar-refractivity contribution in [2.45, 2.75) is 25.3 Å². The molecular formula is C14H15F2N5. The lowest BCUT2D eigenvalue weighted by atomic mass is 10.2. The summed E-state index contributed by atoms with van der Waals surface area (Å²) in [6.45, 7) is 0.336. The first-order valence-corrected chi connectivity index (χ1v) is 6.69. The van der Waals surface area contributed by atoms with Gasteiger partial charge in [-0.25, -0.2) is 24.6 Å². The van der Waals surface area contributed by atoms with Crippen molar-refractivity contribution in [3.63, 3.8) is 0 Å². The Bertz CT molecular complexity index is 658. The van der Waals surface area contributed by atoms with Crippen LogP contribution in [0.2, 0.25) is 0 Å². The molecule has 1 aromatic heterocycles. The van der Waals surface area contributed by atoms with E-state index in [1.807, 2.05) is 0 Å². The maximum atomic E-state index is 13.1. The van der Waals surface area contributed by atoms with E-state index in [0.29, 0.717) is 29.7 Å². The smallest absolute Gasteiger partial charge is 0.159 e. The van der Waals surface area contributed by atoms with E-state index in [2.05, 4.69) is 20.7 Å². The zero-order valence-electron chi connectivity index (χ0n) is 11.2. The molecule has 0 aliphatic heterocycles. The van der Waals surface area contributed by atoms with Gasteiger partial charge in [0.1, 0.15) is 17.5 Å².